The Balaban J connectivity index is 2.08. The maximum atomic E-state index is 11.9. The van der Waals surface area contributed by atoms with E-state index in [1.54, 1.807) is 0 Å². The van der Waals surface area contributed by atoms with E-state index in [4.69, 9.17) is 10.5 Å². The van der Waals surface area contributed by atoms with Crippen molar-refractivity contribution >= 4 is 5.78 Å². The van der Waals surface area contributed by atoms with E-state index in [2.05, 4.69) is 13.8 Å². The van der Waals surface area contributed by atoms with Gasteiger partial charge >= 0.3 is 0 Å². The van der Waals surface area contributed by atoms with Gasteiger partial charge in [0.15, 0.2) is 0 Å². The summed E-state index contributed by atoms with van der Waals surface area (Å²) in [5, 5.41) is 0. The fourth-order valence-electron chi connectivity index (χ4n) is 2.90. The maximum Gasteiger partial charge on any atom is 0.132 e. The molecule has 0 aliphatic carbocycles. The van der Waals surface area contributed by atoms with E-state index < -0.39 is 0 Å². The van der Waals surface area contributed by atoms with Crippen LogP contribution in [0.1, 0.15) is 65.2 Å². The second-order valence-electron chi connectivity index (χ2n) is 6.19. The molecule has 0 aromatic carbocycles. The van der Waals surface area contributed by atoms with Crippen LogP contribution in [0, 0.1) is 11.8 Å². The number of hydrogen-bond donors (Lipinski definition) is 1. The Labute approximate surface area is 118 Å². The van der Waals surface area contributed by atoms with E-state index in [-0.39, 0.29) is 0 Å². The number of rotatable bonds is 10. The molecule has 2 N–H and O–H groups in total. The second-order valence-corrected chi connectivity index (χ2v) is 6.19. The number of ether oxygens (including phenoxy) is 1. The molecule has 0 spiro atoms. The van der Waals surface area contributed by atoms with Crippen LogP contribution < -0.4 is 5.73 Å². The van der Waals surface area contributed by atoms with Crippen LogP contribution in [0.25, 0.3) is 0 Å². The van der Waals surface area contributed by atoms with E-state index >= 15 is 0 Å². The number of carbonyl (C=O) groups is 1. The number of nitrogens with two attached hydrogens (primary N) is 1. The van der Waals surface area contributed by atoms with Crippen LogP contribution in [0.15, 0.2) is 0 Å². The van der Waals surface area contributed by atoms with Gasteiger partial charge in [0.1, 0.15) is 5.78 Å². The molecule has 2 unspecified atom stereocenters. The van der Waals surface area contributed by atoms with Crippen molar-refractivity contribution in [3.63, 3.8) is 0 Å². The molecule has 0 saturated carbocycles. The van der Waals surface area contributed by atoms with Crippen LogP contribution in [-0.4, -0.2) is 25.0 Å². The molecule has 0 aromatic heterocycles. The fraction of sp³-hybridized carbons (Fsp3) is 0.938. The second kappa shape index (κ2) is 9.49. The van der Waals surface area contributed by atoms with Gasteiger partial charge in [-0.1, -0.05) is 13.8 Å². The normalized spacial score (nSPS) is 20.9. The summed E-state index contributed by atoms with van der Waals surface area (Å²) < 4.78 is 5.57. The standard InChI is InChI=1S/C16H31NO2/c1-13(2)14(10-11-17)8-9-15(18)5-3-6-16-7-4-12-19-16/h13-14,16H,3-12,17H2,1-2H3. The Kier molecular flexibility index (Phi) is 8.31. The van der Waals surface area contributed by atoms with Crippen LogP contribution >= 0.6 is 0 Å². The van der Waals surface area contributed by atoms with Gasteiger partial charge in [-0.15, -0.1) is 0 Å². The molecule has 1 fully saturated rings. The van der Waals surface area contributed by atoms with Gasteiger partial charge in [0.2, 0.25) is 0 Å². The first-order valence-corrected chi connectivity index (χ1v) is 7.96. The molecule has 1 aliphatic rings. The van der Waals surface area contributed by atoms with Gasteiger partial charge in [-0.25, -0.2) is 0 Å². The molecule has 1 rings (SSSR count). The van der Waals surface area contributed by atoms with Crippen molar-refractivity contribution in [1.82, 2.24) is 0 Å². The lowest BCUT2D eigenvalue weighted by Gasteiger charge is -2.19. The van der Waals surface area contributed by atoms with Crippen molar-refractivity contribution in [2.75, 3.05) is 13.2 Å². The monoisotopic (exact) mass is 269 g/mol. The molecule has 3 nitrogen and oxygen atoms in total. The number of Topliss-reactive ketones (excluding diaryl/α,β-unsaturated/α-hetero) is 1. The van der Waals surface area contributed by atoms with Gasteiger partial charge in [0.25, 0.3) is 0 Å². The zero-order valence-corrected chi connectivity index (χ0v) is 12.7. The maximum absolute atomic E-state index is 11.9. The van der Waals surface area contributed by atoms with E-state index in [0.29, 0.717) is 23.7 Å². The van der Waals surface area contributed by atoms with E-state index in [0.717, 1.165) is 51.7 Å². The quantitative estimate of drug-likeness (QED) is 0.662. The predicted molar refractivity (Wildman–Crippen MR) is 79.1 cm³/mol. The van der Waals surface area contributed by atoms with Gasteiger partial charge in [-0.3, -0.25) is 4.79 Å². The van der Waals surface area contributed by atoms with Gasteiger partial charge in [-0.05, 0) is 56.9 Å². The first kappa shape index (κ1) is 16.6. The lowest BCUT2D eigenvalue weighted by molar-refractivity contribution is -0.119. The van der Waals surface area contributed by atoms with Crippen LogP contribution in [0.2, 0.25) is 0 Å². The SMILES string of the molecule is CC(C)C(CCN)CCC(=O)CCCC1CCCO1. The summed E-state index contributed by atoms with van der Waals surface area (Å²) in [4.78, 5) is 11.9. The predicted octanol–water partition coefficient (Wildman–Crippen LogP) is 3.31. The molecule has 2 atom stereocenters. The molecule has 0 aromatic rings. The molecule has 0 radical (unpaired) electrons. The largest absolute Gasteiger partial charge is 0.378 e. The molecule has 1 aliphatic heterocycles. The Morgan fingerprint density at radius 3 is 2.68 bits per heavy atom. The number of hydrogen-bond acceptors (Lipinski definition) is 3. The van der Waals surface area contributed by atoms with Gasteiger partial charge in [0.05, 0.1) is 6.10 Å². The van der Waals surface area contributed by atoms with Crippen LogP contribution in [-0.2, 0) is 9.53 Å². The summed E-state index contributed by atoms with van der Waals surface area (Å²) in [6.07, 6.45) is 8.35. The van der Waals surface area contributed by atoms with Gasteiger partial charge < -0.3 is 10.5 Å². The van der Waals surface area contributed by atoms with Crippen molar-refractivity contribution in [3.8, 4) is 0 Å². The summed E-state index contributed by atoms with van der Waals surface area (Å²) in [7, 11) is 0. The molecular weight excluding hydrogens is 238 g/mol. The first-order chi connectivity index (χ1) is 9.13. The summed E-state index contributed by atoms with van der Waals surface area (Å²) >= 11 is 0. The number of carbonyl (C=O) groups excluding carboxylic acids is 1. The van der Waals surface area contributed by atoms with Crippen molar-refractivity contribution in [2.24, 2.45) is 17.6 Å². The molecule has 112 valence electrons. The van der Waals surface area contributed by atoms with Crippen molar-refractivity contribution in [3.05, 3.63) is 0 Å². The topological polar surface area (TPSA) is 52.3 Å². The third-order valence-electron chi connectivity index (χ3n) is 4.28. The highest BCUT2D eigenvalue weighted by Gasteiger charge is 2.17. The molecule has 1 saturated heterocycles. The molecular formula is C16H31NO2. The minimum atomic E-state index is 0.417. The minimum Gasteiger partial charge on any atom is -0.378 e. The molecule has 3 heteroatoms. The zero-order chi connectivity index (χ0) is 14.1. The van der Waals surface area contributed by atoms with Crippen LogP contribution in [0.3, 0.4) is 0 Å². The van der Waals surface area contributed by atoms with Crippen LogP contribution in [0.4, 0.5) is 0 Å². The number of ketones is 1. The first-order valence-electron chi connectivity index (χ1n) is 7.96. The molecule has 0 amide bonds. The lowest BCUT2D eigenvalue weighted by atomic mass is 9.87. The van der Waals surface area contributed by atoms with E-state index in [1.807, 2.05) is 0 Å². The highest BCUT2D eigenvalue weighted by Crippen LogP contribution is 2.22. The third kappa shape index (κ3) is 7.07. The average Bonchev–Trinajstić information content (AvgIpc) is 2.87. The van der Waals surface area contributed by atoms with Gasteiger partial charge in [-0.2, -0.15) is 0 Å². The average molecular weight is 269 g/mol. The minimum absolute atomic E-state index is 0.417. The Morgan fingerprint density at radius 1 is 1.32 bits per heavy atom. The lowest BCUT2D eigenvalue weighted by Crippen LogP contribution is -2.16. The van der Waals surface area contributed by atoms with Crippen molar-refractivity contribution < 1.29 is 9.53 Å². The van der Waals surface area contributed by atoms with Crippen LogP contribution in [0.5, 0.6) is 0 Å². The van der Waals surface area contributed by atoms with Crippen molar-refractivity contribution in [2.45, 2.75) is 71.3 Å². The fourth-order valence-corrected chi connectivity index (χ4v) is 2.90. The summed E-state index contributed by atoms with van der Waals surface area (Å²) in [6, 6.07) is 0. The Hall–Kier alpha value is -0.410. The van der Waals surface area contributed by atoms with E-state index in [1.165, 1.54) is 12.8 Å². The van der Waals surface area contributed by atoms with Crippen molar-refractivity contribution in [1.29, 1.82) is 0 Å². The summed E-state index contributed by atoms with van der Waals surface area (Å²) in [5.41, 5.74) is 5.62. The Morgan fingerprint density at radius 2 is 2.11 bits per heavy atom. The zero-order valence-electron chi connectivity index (χ0n) is 12.7. The third-order valence-corrected chi connectivity index (χ3v) is 4.28. The Bertz CT molecular complexity index is 247. The van der Waals surface area contributed by atoms with E-state index in [9.17, 15) is 4.79 Å². The highest BCUT2D eigenvalue weighted by molar-refractivity contribution is 5.78. The molecule has 19 heavy (non-hydrogen) atoms. The molecule has 0 bridgehead atoms. The smallest absolute Gasteiger partial charge is 0.132 e. The summed E-state index contributed by atoms with van der Waals surface area (Å²) in [6.45, 7) is 6.09. The summed E-state index contributed by atoms with van der Waals surface area (Å²) in [5.74, 6) is 1.65. The molecule has 1 heterocycles. The van der Waals surface area contributed by atoms with Gasteiger partial charge in [0, 0.05) is 19.4 Å². The highest BCUT2D eigenvalue weighted by atomic mass is 16.5.